The van der Waals surface area contributed by atoms with Crippen molar-refractivity contribution in [2.45, 2.75) is 63.9 Å². The molecule has 52 heavy (non-hydrogen) atoms. The molecule has 2 aromatic carbocycles. The van der Waals surface area contributed by atoms with E-state index < -0.39 is 44.0 Å². The van der Waals surface area contributed by atoms with Crippen molar-refractivity contribution in [1.82, 2.24) is 13.9 Å². The zero-order valence-electron chi connectivity index (χ0n) is 28.6. The van der Waals surface area contributed by atoms with Crippen LogP contribution in [0.1, 0.15) is 49.4 Å². The number of nitrogens with zero attached hydrogens (tertiary/aromatic N) is 8. The van der Waals surface area contributed by atoms with Gasteiger partial charge in [0.15, 0.2) is 22.5 Å². The number of benzene rings is 2. The molecule has 0 aliphatic rings. The van der Waals surface area contributed by atoms with E-state index >= 15 is 0 Å². The fourth-order valence-electron chi connectivity index (χ4n) is 5.19. The first-order chi connectivity index (χ1) is 24.7. The molecule has 1 atom stereocenters. The second kappa shape index (κ2) is 16.0. The highest BCUT2D eigenvalue weighted by Crippen LogP contribution is 2.37. The summed E-state index contributed by atoms with van der Waals surface area (Å²) in [5.41, 5.74) is -2.08. The van der Waals surface area contributed by atoms with Crippen LogP contribution in [0.2, 0.25) is 0 Å². The van der Waals surface area contributed by atoms with Crippen LogP contribution in [0.15, 0.2) is 76.2 Å². The minimum atomic E-state index is -4.28. The van der Waals surface area contributed by atoms with Crippen LogP contribution in [0.4, 0.5) is 22.7 Å². The molecule has 19 heteroatoms. The molecule has 0 radical (unpaired) electrons. The van der Waals surface area contributed by atoms with Gasteiger partial charge in [0.2, 0.25) is 21.8 Å². The van der Waals surface area contributed by atoms with E-state index in [9.17, 15) is 47.5 Å². The third-order valence-corrected chi connectivity index (χ3v) is 10.2. The lowest BCUT2D eigenvalue weighted by atomic mass is 10.0. The van der Waals surface area contributed by atoms with Crippen LogP contribution in [0.3, 0.4) is 0 Å². The second-order valence-electron chi connectivity index (χ2n) is 11.1. The van der Waals surface area contributed by atoms with Gasteiger partial charge >= 0.3 is 0 Å². The number of nitriles is 2. The predicted molar refractivity (Wildman–Crippen MR) is 190 cm³/mol. The minimum absolute atomic E-state index is 0.00299. The lowest BCUT2D eigenvalue weighted by Gasteiger charge is -2.15. The van der Waals surface area contributed by atoms with Crippen molar-refractivity contribution in [3.63, 3.8) is 0 Å². The van der Waals surface area contributed by atoms with Crippen molar-refractivity contribution in [2.24, 2.45) is 20.5 Å². The molecule has 4 N–H and O–H groups in total. The summed E-state index contributed by atoms with van der Waals surface area (Å²) in [6, 6.07) is 11.4. The van der Waals surface area contributed by atoms with Crippen molar-refractivity contribution < 1.29 is 27.4 Å². The molecule has 0 bridgehead atoms. The van der Waals surface area contributed by atoms with Gasteiger partial charge in [0.25, 0.3) is 11.1 Å². The molecule has 0 fully saturated rings. The van der Waals surface area contributed by atoms with Gasteiger partial charge in [0.1, 0.15) is 23.3 Å². The number of hydrogen-bond acceptors (Lipinski definition) is 13. The van der Waals surface area contributed by atoms with Gasteiger partial charge in [-0.25, -0.2) is 17.3 Å². The molecule has 0 aliphatic heterocycles. The van der Waals surface area contributed by atoms with Crippen molar-refractivity contribution in [3.8, 4) is 35.0 Å². The quantitative estimate of drug-likeness (QED) is 0.103. The number of sulfonamides is 1. The molecule has 0 spiro atoms. The molecule has 4 rings (SSSR count). The minimum Gasteiger partial charge on any atom is -0.493 e. The van der Waals surface area contributed by atoms with Crippen molar-refractivity contribution >= 4 is 43.9 Å². The molecule has 0 aliphatic carbocycles. The molecular weight excluding hydrogens is 715 g/mol. The topological polar surface area (TPSA) is 265 Å². The average molecular weight is 748 g/mol. The van der Waals surface area contributed by atoms with E-state index in [1.807, 2.05) is 12.1 Å². The van der Waals surface area contributed by atoms with Gasteiger partial charge in [-0.2, -0.15) is 20.8 Å². The summed E-state index contributed by atoms with van der Waals surface area (Å²) in [6.07, 6.45) is 0.449. The number of rotatable bonds is 12. The van der Waals surface area contributed by atoms with Crippen LogP contribution >= 0.6 is 0 Å². The zero-order valence-corrected chi connectivity index (χ0v) is 30.2. The molecule has 17 nitrogen and oxygen atoms in total. The van der Waals surface area contributed by atoms with Gasteiger partial charge < -0.3 is 14.8 Å². The first-order valence-corrected chi connectivity index (χ1v) is 18.2. The van der Waals surface area contributed by atoms with E-state index in [-0.39, 0.29) is 85.6 Å². The molecule has 0 amide bonds. The van der Waals surface area contributed by atoms with E-state index in [0.717, 1.165) is 15.2 Å². The molecule has 0 saturated heterocycles. The number of aromatic hydroxyl groups is 2. The number of azo groups is 2. The maximum Gasteiger partial charge on any atom is 0.281 e. The highest BCUT2D eigenvalue weighted by atomic mass is 32.2. The Balaban J connectivity index is 1.88. The number of pyridine rings is 2. The van der Waals surface area contributed by atoms with Crippen LogP contribution < -0.4 is 15.8 Å². The monoisotopic (exact) mass is 747 g/mol. The summed E-state index contributed by atoms with van der Waals surface area (Å²) >= 11 is -2.69. The van der Waals surface area contributed by atoms with E-state index in [0.29, 0.717) is 6.42 Å². The summed E-state index contributed by atoms with van der Waals surface area (Å²) < 4.78 is 54.5. The maximum absolute atomic E-state index is 13.6. The first-order valence-electron chi connectivity index (χ1n) is 15.6. The standard InChI is InChI=1S/C33H33N9O8S2/c1-6-13-36-52(49,50)27-15-21(38-40-29-19(5)25(17-35)31(44)42(8-3)33(29)46)10-12-23(27)22-11-9-20(14-26(22)51(47)48)37-39-28-18(4)24(16-34)30(43)41(7-2)32(28)45/h9-12,14-15,36,43-44H,6-8,13H2,1-5H3,(H,47,48). The lowest BCUT2D eigenvalue weighted by Crippen LogP contribution is -2.25. The van der Waals surface area contributed by atoms with Crippen LogP contribution in [0, 0.1) is 36.5 Å². The Kier molecular flexibility index (Phi) is 12.0. The van der Waals surface area contributed by atoms with E-state index in [1.54, 1.807) is 20.8 Å². The number of hydrogen-bond donors (Lipinski definition) is 4. The molecule has 2 heterocycles. The Morgan fingerprint density at radius 3 is 1.67 bits per heavy atom. The fraction of sp³-hybridized carbons (Fsp3) is 0.273. The number of nitrogens with one attached hydrogen (secondary N) is 1. The van der Waals surface area contributed by atoms with Gasteiger partial charge in [-0.3, -0.25) is 18.7 Å². The Morgan fingerprint density at radius 2 is 1.25 bits per heavy atom. The van der Waals surface area contributed by atoms with Gasteiger partial charge in [-0.05, 0) is 58.4 Å². The van der Waals surface area contributed by atoms with Crippen LogP contribution in [0.25, 0.3) is 11.1 Å². The van der Waals surface area contributed by atoms with Gasteiger partial charge in [-0.15, -0.1) is 10.2 Å². The van der Waals surface area contributed by atoms with Gasteiger partial charge in [0.05, 0.1) is 21.2 Å². The summed E-state index contributed by atoms with van der Waals surface area (Å²) in [7, 11) is -4.28. The highest BCUT2D eigenvalue weighted by molar-refractivity contribution is 7.89. The number of aromatic nitrogens is 2. The van der Waals surface area contributed by atoms with E-state index in [1.165, 1.54) is 44.2 Å². The molecule has 270 valence electrons. The Bertz CT molecular complexity index is 2490. The lowest BCUT2D eigenvalue weighted by molar-refractivity contribution is 0.408. The van der Waals surface area contributed by atoms with Gasteiger partial charge in [-0.1, -0.05) is 19.1 Å². The summed E-state index contributed by atoms with van der Waals surface area (Å²) in [5.74, 6) is -1.03. The van der Waals surface area contributed by atoms with Gasteiger partial charge in [0, 0.05) is 41.9 Å². The molecular formula is C33H33N9O8S2. The van der Waals surface area contributed by atoms with Crippen molar-refractivity contribution in [3.05, 3.63) is 79.4 Å². The van der Waals surface area contributed by atoms with E-state index in [2.05, 4.69) is 25.2 Å². The first kappa shape index (κ1) is 38.9. The maximum atomic E-state index is 13.6. The van der Waals surface area contributed by atoms with Crippen molar-refractivity contribution in [2.75, 3.05) is 6.54 Å². The Hall–Kier alpha value is -5.86. The molecule has 0 saturated carbocycles. The summed E-state index contributed by atoms with van der Waals surface area (Å²) in [4.78, 5) is 25.4. The second-order valence-corrected chi connectivity index (χ2v) is 13.7. The SMILES string of the molecule is CCCNS(=O)(=O)c1cc(N=Nc2c(C)c(C#N)c(O)n(CC)c2=O)ccc1-c1ccc(N=Nc2c(C)c(C#N)c(O)n(CC)c2=O)cc1S(=O)O. The predicted octanol–water partition coefficient (Wildman–Crippen LogP) is 5.59. The van der Waals surface area contributed by atoms with Crippen LogP contribution in [0.5, 0.6) is 11.8 Å². The summed E-state index contributed by atoms with van der Waals surface area (Å²) in [5, 5.41) is 55.8. The van der Waals surface area contributed by atoms with Crippen LogP contribution in [-0.2, 0) is 34.2 Å². The van der Waals surface area contributed by atoms with E-state index in [4.69, 9.17) is 0 Å². The molecule has 2 aromatic heterocycles. The van der Waals surface area contributed by atoms with Crippen LogP contribution in [-0.4, -0.2) is 43.1 Å². The third-order valence-electron chi connectivity index (χ3n) is 7.94. The normalized spacial score (nSPS) is 12.3. The van der Waals surface area contributed by atoms with Crippen molar-refractivity contribution in [1.29, 1.82) is 10.5 Å². The molecule has 1 unspecified atom stereocenters. The highest BCUT2D eigenvalue weighted by Gasteiger charge is 2.24. The third kappa shape index (κ3) is 7.43. The molecule has 4 aromatic rings. The zero-order chi connectivity index (χ0) is 38.5. The smallest absolute Gasteiger partial charge is 0.281 e. The Morgan fingerprint density at radius 1 is 0.788 bits per heavy atom. The summed E-state index contributed by atoms with van der Waals surface area (Å²) in [6.45, 7) is 7.91. The largest absolute Gasteiger partial charge is 0.493 e. The average Bonchev–Trinajstić information content (AvgIpc) is 3.11. The Labute approximate surface area is 300 Å². The fourth-order valence-corrected chi connectivity index (χ4v) is 7.15.